The summed E-state index contributed by atoms with van der Waals surface area (Å²) in [6, 6.07) is 0. The average Bonchev–Trinajstić information content (AvgIpc) is 2.13. The number of carbonyl (C=O) groups is 1. The van der Waals surface area contributed by atoms with E-state index in [9.17, 15) is 4.79 Å². The normalized spacial score (nSPS) is 25.2. The van der Waals surface area contributed by atoms with Crippen molar-refractivity contribution in [1.82, 2.24) is 0 Å². The van der Waals surface area contributed by atoms with Crippen LogP contribution in [0.4, 0.5) is 0 Å². The minimum absolute atomic E-state index is 0.191. The number of aliphatic imine (C=N–C) groups is 1. The van der Waals surface area contributed by atoms with E-state index in [0.29, 0.717) is 0 Å². The Bertz CT molecular complexity index is 151. The molecule has 0 aliphatic carbocycles. The lowest BCUT2D eigenvalue weighted by Gasteiger charge is -2.17. The van der Waals surface area contributed by atoms with Crippen molar-refractivity contribution in [3.63, 3.8) is 0 Å². The molecule has 1 unspecified atom stereocenters. The number of carbonyl (C=O) groups excluding carboxylic acids is 1. The highest BCUT2D eigenvalue weighted by Gasteiger charge is 2.16. The Labute approximate surface area is 53.7 Å². The van der Waals surface area contributed by atoms with Crippen molar-refractivity contribution in [3.05, 3.63) is 0 Å². The van der Waals surface area contributed by atoms with Crippen LogP contribution >= 0.6 is 0 Å². The number of nitrogens with zero attached hydrogens (tertiary/aromatic N) is 1. The summed E-state index contributed by atoms with van der Waals surface area (Å²) >= 11 is 0. The van der Waals surface area contributed by atoms with Gasteiger partial charge >= 0.3 is 0 Å². The number of rotatable bonds is 1. The molecule has 9 heavy (non-hydrogen) atoms. The smallest absolute Gasteiger partial charge is 0.128 e. The fraction of sp³-hybridized carbons (Fsp3) is 0.667. The molecule has 1 rings (SSSR count). The molecule has 0 saturated heterocycles. The first kappa shape index (κ1) is 6.26. The second kappa shape index (κ2) is 2.17. The third-order valence-corrected chi connectivity index (χ3v) is 1.18. The van der Waals surface area contributed by atoms with Gasteiger partial charge in [-0.25, -0.2) is 0 Å². The minimum atomic E-state index is -0.384. The molecule has 1 aliphatic heterocycles. The largest absolute Gasteiger partial charge is 0.578 e. The summed E-state index contributed by atoms with van der Waals surface area (Å²) in [5.74, 6) is -0.0266. The molecule has 3 heteroatoms. The van der Waals surface area contributed by atoms with Crippen LogP contribution in [0.3, 0.4) is 0 Å². The Morgan fingerprint density at radius 3 is 2.67 bits per heavy atom. The standard InChI is InChI=1S/C6H8NO2/c1-4(2)5-6(8)7-3-9-5/h4-5H,1-2H3/q-1. The first-order chi connectivity index (χ1) is 4.22. The predicted octanol–water partition coefficient (Wildman–Crippen LogP) is 0.473. The maximum absolute atomic E-state index is 10.7. The van der Waals surface area contributed by atoms with Gasteiger partial charge in [-0.1, -0.05) is 13.8 Å². The van der Waals surface area contributed by atoms with E-state index in [1.54, 1.807) is 0 Å². The first-order valence-corrected chi connectivity index (χ1v) is 2.87. The van der Waals surface area contributed by atoms with E-state index in [-0.39, 0.29) is 17.9 Å². The summed E-state index contributed by atoms with van der Waals surface area (Å²) in [5, 5.41) is 0. The lowest BCUT2D eigenvalue weighted by Crippen LogP contribution is -2.22. The van der Waals surface area contributed by atoms with E-state index in [0.717, 1.165) is 0 Å². The topological polar surface area (TPSA) is 38.7 Å². The van der Waals surface area contributed by atoms with Crippen LogP contribution in [0.1, 0.15) is 13.8 Å². The molecule has 0 N–H and O–H groups in total. The van der Waals surface area contributed by atoms with E-state index < -0.39 is 0 Å². The Hall–Kier alpha value is -0.860. The summed E-state index contributed by atoms with van der Waals surface area (Å²) in [4.78, 5) is 14.0. The summed E-state index contributed by atoms with van der Waals surface area (Å²) in [6.07, 6.45) is 1.79. The van der Waals surface area contributed by atoms with Gasteiger partial charge in [-0.15, -0.1) is 0 Å². The van der Waals surface area contributed by atoms with E-state index in [4.69, 9.17) is 4.74 Å². The Balaban J connectivity index is 2.56. The fourth-order valence-corrected chi connectivity index (χ4v) is 0.663. The van der Waals surface area contributed by atoms with Gasteiger partial charge in [0, 0.05) is 6.40 Å². The van der Waals surface area contributed by atoms with Crippen molar-refractivity contribution in [3.8, 4) is 0 Å². The van der Waals surface area contributed by atoms with Gasteiger partial charge in [0.05, 0.1) is 6.10 Å². The van der Waals surface area contributed by atoms with Crippen molar-refractivity contribution < 1.29 is 9.53 Å². The van der Waals surface area contributed by atoms with Gasteiger partial charge in [-0.05, 0) is 5.92 Å². The maximum atomic E-state index is 10.7. The van der Waals surface area contributed by atoms with Crippen molar-refractivity contribution in [2.45, 2.75) is 20.0 Å². The van der Waals surface area contributed by atoms with Crippen LogP contribution in [-0.2, 0) is 9.53 Å². The number of hydrogen-bond donors (Lipinski definition) is 0. The summed E-state index contributed by atoms with van der Waals surface area (Å²) in [5.41, 5.74) is 0. The van der Waals surface area contributed by atoms with E-state index in [2.05, 4.69) is 11.4 Å². The van der Waals surface area contributed by atoms with E-state index >= 15 is 0 Å². The number of hydrogen-bond acceptors (Lipinski definition) is 2. The van der Waals surface area contributed by atoms with Crippen LogP contribution in [-0.4, -0.2) is 18.4 Å². The van der Waals surface area contributed by atoms with Gasteiger partial charge in [-0.3, -0.25) is 0 Å². The van der Waals surface area contributed by atoms with Gasteiger partial charge < -0.3 is 14.5 Å². The molecule has 0 fully saturated rings. The molecule has 1 heterocycles. The molecule has 0 aromatic rings. The molecule has 0 radical (unpaired) electrons. The molecule has 0 bridgehead atoms. The predicted molar refractivity (Wildman–Crippen MR) is 32.2 cm³/mol. The zero-order valence-electron chi connectivity index (χ0n) is 5.42. The molecule has 0 aromatic heterocycles. The average molecular weight is 126 g/mol. The maximum Gasteiger partial charge on any atom is 0.128 e. The highest BCUT2D eigenvalue weighted by Crippen LogP contribution is 2.10. The molecular weight excluding hydrogens is 118 g/mol. The van der Waals surface area contributed by atoms with Crippen LogP contribution in [0.5, 0.6) is 0 Å². The van der Waals surface area contributed by atoms with Gasteiger partial charge in [0.1, 0.15) is 5.91 Å². The Morgan fingerprint density at radius 2 is 2.44 bits per heavy atom. The summed E-state index contributed by atoms with van der Waals surface area (Å²) in [7, 11) is 0. The summed E-state index contributed by atoms with van der Waals surface area (Å²) in [6.45, 7) is 3.82. The Kier molecular flexibility index (Phi) is 1.51. The second-order valence-electron chi connectivity index (χ2n) is 2.32. The van der Waals surface area contributed by atoms with Crippen LogP contribution in [0.15, 0.2) is 4.99 Å². The highest BCUT2D eigenvalue weighted by molar-refractivity contribution is 5.91. The SMILES string of the molecule is CC(C)C1O[C-]=NC1=O. The first-order valence-electron chi connectivity index (χ1n) is 2.87. The van der Waals surface area contributed by atoms with Crippen molar-refractivity contribution in [2.24, 2.45) is 10.9 Å². The lowest BCUT2D eigenvalue weighted by molar-refractivity contribution is -0.124. The van der Waals surface area contributed by atoms with E-state index in [1.165, 1.54) is 0 Å². The quantitative estimate of drug-likeness (QED) is 0.479. The molecule has 0 saturated carbocycles. The number of ether oxygens (including phenoxy) is 1. The van der Waals surface area contributed by atoms with Crippen molar-refractivity contribution in [2.75, 3.05) is 0 Å². The highest BCUT2D eigenvalue weighted by atomic mass is 16.5. The third kappa shape index (κ3) is 1.09. The van der Waals surface area contributed by atoms with Crippen LogP contribution in [0, 0.1) is 5.92 Å². The van der Waals surface area contributed by atoms with Crippen molar-refractivity contribution >= 4 is 12.3 Å². The minimum Gasteiger partial charge on any atom is -0.578 e. The van der Waals surface area contributed by atoms with Crippen molar-refractivity contribution in [1.29, 1.82) is 0 Å². The molecule has 3 nitrogen and oxygen atoms in total. The van der Waals surface area contributed by atoms with Gasteiger partial charge in [-0.2, -0.15) is 0 Å². The molecular formula is C6H8NO2-. The zero-order chi connectivity index (χ0) is 6.85. The van der Waals surface area contributed by atoms with Gasteiger partial charge in [0.2, 0.25) is 0 Å². The Morgan fingerprint density at radius 1 is 1.78 bits per heavy atom. The molecule has 1 atom stereocenters. The zero-order valence-corrected chi connectivity index (χ0v) is 5.42. The fourth-order valence-electron chi connectivity index (χ4n) is 0.663. The molecule has 50 valence electrons. The lowest BCUT2D eigenvalue weighted by atomic mass is 10.1. The number of amides is 1. The molecule has 1 amide bonds. The van der Waals surface area contributed by atoms with Crippen LogP contribution in [0.25, 0.3) is 0 Å². The van der Waals surface area contributed by atoms with E-state index in [1.807, 2.05) is 13.8 Å². The van der Waals surface area contributed by atoms with Crippen LogP contribution in [0.2, 0.25) is 0 Å². The molecule has 0 spiro atoms. The summed E-state index contributed by atoms with van der Waals surface area (Å²) < 4.78 is 4.76. The van der Waals surface area contributed by atoms with Crippen LogP contribution < -0.4 is 0 Å². The van der Waals surface area contributed by atoms with Gasteiger partial charge in [0.25, 0.3) is 0 Å². The molecule has 1 aliphatic rings. The second-order valence-corrected chi connectivity index (χ2v) is 2.32. The monoisotopic (exact) mass is 126 g/mol. The third-order valence-electron chi connectivity index (χ3n) is 1.18. The molecule has 0 aromatic carbocycles. The van der Waals surface area contributed by atoms with Gasteiger partial charge in [0.15, 0.2) is 0 Å².